The van der Waals surface area contributed by atoms with Crippen LogP contribution in [-0.2, 0) is 9.53 Å². The molecular formula is C8H13ClO2. The lowest BCUT2D eigenvalue weighted by molar-refractivity contribution is -0.137. The summed E-state index contributed by atoms with van der Waals surface area (Å²) in [6.07, 6.45) is 4.79. The second-order valence-electron chi connectivity index (χ2n) is 2.06. The zero-order chi connectivity index (χ0) is 8.53. The monoisotopic (exact) mass is 176 g/mol. The van der Waals surface area contributed by atoms with E-state index in [1.807, 2.05) is 0 Å². The number of halogens is 1. The summed E-state index contributed by atoms with van der Waals surface area (Å²) in [4.78, 5) is 10.7. The van der Waals surface area contributed by atoms with Crippen LogP contribution in [0.2, 0.25) is 0 Å². The normalized spacial score (nSPS) is 10.4. The van der Waals surface area contributed by atoms with Gasteiger partial charge in [-0.15, -0.1) is 11.6 Å². The number of carbonyl (C=O) groups excluding carboxylic acids is 1. The summed E-state index contributed by atoms with van der Waals surface area (Å²) in [6, 6.07) is 0. The number of ether oxygens (including phenoxy) is 1. The quantitative estimate of drug-likeness (QED) is 0.278. The lowest BCUT2D eigenvalue weighted by atomic mass is 10.4. The van der Waals surface area contributed by atoms with Gasteiger partial charge in [0.15, 0.2) is 0 Å². The molecule has 0 spiro atoms. The van der Waals surface area contributed by atoms with Gasteiger partial charge in [-0.2, -0.15) is 0 Å². The summed E-state index contributed by atoms with van der Waals surface area (Å²) >= 11 is 5.42. The molecule has 0 amide bonds. The van der Waals surface area contributed by atoms with Gasteiger partial charge in [0.2, 0.25) is 0 Å². The first kappa shape index (κ1) is 10.5. The fourth-order valence-corrected chi connectivity index (χ4v) is 0.742. The Kier molecular flexibility index (Phi) is 7.26. The highest BCUT2D eigenvalue weighted by atomic mass is 35.5. The molecule has 0 aromatic carbocycles. The third-order valence-corrected chi connectivity index (χ3v) is 1.34. The molecule has 0 aliphatic carbocycles. The first-order valence-corrected chi connectivity index (χ1v) is 4.20. The Bertz CT molecular complexity index is 132. The summed E-state index contributed by atoms with van der Waals surface area (Å²) in [5, 5.41) is 0. The molecular weight excluding hydrogens is 164 g/mol. The highest BCUT2D eigenvalue weighted by Crippen LogP contribution is 1.93. The van der Waals surface area contributed by atoms with E-state index < -0.39 is 0 Å². The van der Waals surface area contributed by atoms with E-state index in [9.17, 15) is 4.79 Å². The van der Waals surface area contributed by atoms with E-state index in [2.05, 4.69) is 0 Å². The summed E-state index contributed by atoms with van der Waals surface area (Å²) in [6.45, 7) is 2.25. The van der Waals surface area contributed by atoms with Crippen LogP contribution in [0.3, 0.4) is 0 Å². The van der Waals surface area contributed by atoms with Crippen LogP contribution in [0, 0.1) is 0 Å². The molecule has 64 valence electrons. The Hall–Kier alpha value is -0.500. The van der Waals surface area contributed by atoms with Crippen molar-refractivity contribution in [2.75, 3.05) is 12.5 Å². The van der Waals surface area contributed by atoms with Crippen molar-refractivity contribution in [1.82, 2.24) is 0 Å². The van der Waals surface area contributed by atoms with Gasteiger partial charge in [-0.1, -0.05) is 6.08 Å². The maximum absolute atomic E-state index is 10.7. The highest BCUT2D eigenvalue weighted by molar-refractivity contribution is 6.17. The molecule has 0 heterocycles. The van der Waals surface area contributed by atoms with E-state index in [1.165, 1.54) is 6.08 Å². The molecule has 0 rings (SSSR count). The van der Waals surface area contributed by atoms with Gasteiger partial charge in [-0.25, -0.2) is 4.79 Å². The Balaban J connectivity index is 3.17. The molecule has 0 radical (unpaired) electrons. The van der Waals surface area contributed by atoms with Gasteiger partial charge in [0.05, 0.1) is 6.61 Å². The second-order valence-corrected chi connectivity index (χ2v) is 2.44. The Morgan fingerprint density at radius 3 is 2.82 bits per heavy atom. The van der Waals surface area contributed by atoms with E-state index >= 15 is 0 Å². The van der Waals surface area contributed by atoms with Crippen molar-refractivity contribution in [3.63, 3.8) is 0 Å². The fourth-order valence-electron chi connectivity index (χ4n) is 0.554. The molecule has 2 nitrogen and oxygen atoms in total. The topological polar surface area (TPSA) is 26.3 Å². The second kappa shape index (κ2) is 7.61. The van der Waals surface area contributed by atoms with Crippen molar-refractivity contribution in [1.29, 1.82) is 0 Å². The zero-order valence-electron chi connectivity index (χ0n) is 6.68. The van der Waals surface area contributed by atoms with E-state index in [0.717, 1.165) is 12.8 Å². The van der Waals surface area contributed by atoms with Crippen LogP contribution in [0.1, 0.15) is 19.8 Å². The van der Waals surface area contributed by atoms with Crippen molar-refractivity contribution in [2.24, 2.45) is 0 Å². The van der Waals surface area contributed by atoms with E-state index in [1.54, 1.807) is 13.0 Å². The fraction of sp³-hybridized carbons (Fsp3) is 0.625. The van der Waals surface area contributed by atoms with Gasteiger partial charge >= 0.3 is 5.97 Å². The molecule has 0 aliphatic rings. The SMILES string of the molecule is C/C=C/C(=O)OCCCCCl. The maximum atomic E-state index is 10.7. The average molecular weight is 177 g/mol. The molecule has 0 aromatic rings. The molecule has 11 heavy (non-hydrogen) atoms. The average Bonchev–Trinajstić information content (AvgIpc) is 1.99. The minimum absolute atomic E-state index is 0.276. The van der Waals surface area contributed by atoms with Crippen LogP contribution in [0.5, 0.6) is 0 Å². The van der Waals surface area contributed by atoms with Crippen LogP contribution in [-0.4, -0.2) is 18.5 Å². The lowest BCUT2D eigenvalue weighted by Crippen LogP contribution is -2.01. The summed E-state index contributed by atoms with van der Waals surface area (Å²) < 4.78 is 4.80. The molecule has 0 atom stereocenters. The molecule has 0 aliphatic heterocycles. The van der Waals surface area contributed by atoms with E-state index in [4.69, 9.17) is 16.3 Å². The van der Waals surface area contributed by atoms with Crippen LogP contribution < -0.4 is 0 Å². The molecule has 0 fully saturated rings. The predicted octanol–water partition coefficient (Wildman–Crippen LogP) is 2.12. The number of hydrogen-bond acceptors (Lipinski definition) is 2. The standard InChI is InChI=1S/C8H13ClO2/c1-2-5-8(10)11-7-4-3-6-9/h2,5H,3-4,6-7H2,1H3/b5-2+. The summed E-state index contributed by atoms with van der Waals surface area (Å²) in [7, 11) is 0. The molecule has 0 aromatic heterocycles. The number of unbranched alkanes of at least 4 members (excludes halogenated alkanes) is 1. The van der Waals surface area contributed by atoms with Crippen LogP contribution >= 0.6 is 11.6 Å². The van der Waals surface area contributed by atoms with E-state index in [-0.39, 0.29) is 5.97 Å². The number of allylic oxidation sites excluding steroid dienone is 1. The number of hydrogen-bond donors (Lipinski definition) is 0. The minimum Gasteiger partial charge on any atom is -0.463 e. The Labute approximate surface area is 72.2 Å². The largest absolute Gasteiger partial charge is 0.463 e. The first-order valence-electron chi connectivity index (χ1n) is 3.66. The van der Waals surface area contributed by atoms with Crippen molar-refractivity contribution in [3.8, 4) is 0 Å². The zero-order valence-corrected chi connectivity index (χ0v) is 7.43. The molecule has 0 bridgehead atoms. The first-order chi connectivity index (χ1) is 5.31. The summed E-state index contributed by atoms with van der Waals surface area (Å²) in [5.41, 5.74) is 0. The number of esters is 1. The molecule has 0 saturated carbocycles. The van der Waals surface area contributed by atoms with Gasteiger partial charge in [0.1, 0.15) is 0 Å². The number of alkyl halides is 1. The lowest BCUT2D eigenvalue weighted by Gasteiger charge is -1.98. The Morgan fingerprint density at radius 2 is 2.27 bits per heavy atom. The van der Waals surface area contributed by atoms with Crippen molar-refractivity contribution in [3.05, 3.63) is 12.2 Å². The smallest absolute Gasteiger partial charge is 0.330 e. The third kappa shape index (κ3) is 7.40. The Morgan fingerprint density at radius 1 is 1.55 bits per heavy atom. The number of carbonyl (C=O) groups is 1. The van der Waals surface area contributed by atoms with Gasteiger partial charge in [-0.05, 0) is 19.8 Å². The third-order valence-electron chi connectivity index (χ3n) is 1.08. The molecule has 3 heteroatoms. The van der Waals surface area contributed by atoms with Gasteiger partial charge in [-0.3, -0.25) is 0 Å². The highest BCUT2D eigenvalue weighted by Gasteiger charge is 1.93. The van der Waals surface area contributed by atoms with Crippen LogP contribution in [0.4, 0.5) is 0 Å². The van der Waals surface area contributed by atoms with Crippen LogP contribution in [0.15, 0.2) is 12.2 Å². The summed E-state index contributed by atoms with van der Waals surface area (Å²) in [5.74, 6) is 0.350. The molecule has 0 saturated heterocycles. The molecule has 0 unspecified atom stereocenters. The van der Waals surface area contributed by atoms with Gasteiger partial charge < -0.3 is 4.74 Å². The van der Waals surface area contributed by atoms with E-state index in [0.29, 0.717) is 12.5 Å². The van der Waals surface area contributed by atoms with Crippen molar-refractivity contribution in [2.45, 2.75) is 19.8 Å². The van der Waals surface area contributed by atoms with Crippen molar-refractivity contribution >= 4 is 17.6 Å². The van der Waals surface area contributed by atoms with Crippen molar-refractivity contribution < 1.29 is 9.53 Å². The van der Waals surface area contributed by atoms with Gasteiger partial charge in [0.25, 0.3) is 0 Å². The molecule has 0 N–H and O–H groups in total. The van der Waals surface area contributed by atoms with Crippen LogP contribution in [0.25, 0.3) is 0 Å². The van der Waals surface area contributed by atoms with Gasteiger partial charge in [0, 0.05) is 12.0 Å². The minimum atomic E-state index is -0.276. The predicted molar refractivity (Wildman–Crippen MR) is 45.7 cm³/mol. The number of rotatable bonds is 5. The maximum Gasteiger partial charge on any atom is 0.330 e.